The van der Waals surface area contributed by atoms with Crippen LogP contribution in [-0.4, -0.2) is 58.3 Å². The Hall–Kier alpha value is -2.12. The van der Waals surface area contributed by atoms with Gasteiger partial charge in [0.15, 0.2) is 5.96 Å². The van der Waals surface area contributed by atoms with Gasteiger partial charge in [0, 0.05) is 37.6 Å². The number of guanidine groups is 1. The van der Waals surface area contributed by atoms with E-state index in [-0.39, 0.29) is 0 Å². The molecule has 3 heterocycles. The van der Waals surface area contributed by atoms with Crippen molar-refractivity contribution < 1.29 is 0 Å². The third-order valence-electron chi connectivity index (χ3n) is 6.15. The van der Waals surface area contributed by atoms with Crippen molar-refractivity contribution in [1.82, 2.24) is 30.3 Å². The zero-order chi connectivity index (χ0) is 20.9. The number of hydrogen-bond donors (Lipinski definition) is 2. The molecular weight excluding hydrogens is 398 g/mol. The van der Waals surface area contributed by atoms with Crippen molar-refractivity contribution in [3.63, 3.8) is 0 Å². The van der Waals surface area contributed by atoms with Gasteiger partial charge in [-0.05, 0) is 56.8 Å². The Morgan fingerprint density at radius 2 is 2.03 bits per heavy atom. The quantitative estimate of drug-likeness (QED) is 0.564. The van der Waals surface area contributed by atoms with E-state index in [4.69, 9.17) is 11.6 Å². The fraction of sp³-hybridized carbons (Fsp3) is 0.591. The van der Waals surface area contributed by atoms with Crippen molar-refractivity contribution in [3.05, 3.63) is 46.5 Å². The molecule has 2 aliphatic rings. The molecule has 2 aliphatic heterocycles. The molecule has 1 aromatic carbocycles. The lowest BCUT2D eigenvalue weighted by Gasteiger charge is -2.33. The molecule has 4 rings (SSSR count). The molecule has 1 saturated heterocycles. The van der Waals surface area contributed by atoms with Crippen LogP contribution in [0.4, 0.5) is 0 Å². The van der Waals surface area contributed by atoms with Crippen molar-refractivity contribution in [1.29, 1.82) is 0 Å². The van der Waals surface area contributed by atoms with E-state index in [2.05, 4.69) is 42.7 Å². The normalized spacial score (nSPS) is 20.8. The Morgan fingerprint density at radius 3 is 2.80 bits per heavy atom. The SMILES string of the molecule is CN=C(NCC1CCN(Cc2ccccc2Cl)CC1)NC1CCc2nc(C)nn2C1. The molecule has 2 aromatic rings. The monoisotopic (exact) mass is 429 g/mol. The van der Waals surface area contributed by atoms with E-state index in [1.807, 2.05) is 30.8 Å². The Bertz CT molecular complexity index is 870. The van der Waals surface area contributed by atoms with E-state index in [0.717, 1.165) is 68.2 Å². The molecule has 30 heavy (non-hydrogen) atoms. The van der Waals surface area contributed by atoms with E-state index in [9.17, 15) is 0 Å². The number of hydrogen-bond acceptors (Lipinski definition) is 4. The number of piperidine rings is 1. The maximum Gasteiger partial charge on any atom is 0.191 e. The Morgan fingerprint density at radius 1 is 1.23 bits per heavy atom. The van der Waals surface area contributed by atoms with Gasteiger partial charge in [-0.25, -0.2) is 9.67 Å². The number of benzene rings is 1. The molecule has 1 fully saturated rings. The van der Waals surface area contributed by atoms with Crippen LogP contribution in [0.15, 0.2) is 29.3 Å². The van der Waals surface area contributed by atoms with E-state index in [1.54, 1.807) is 0 Å². The Kier molecular flexibility index (Phi) is 6.89. The van der Waals surface area contributed by atoms with Crippen molar-refractivity contribution in [2.24, 2.45) is 10.9 Å². The summed E-state index contributed by atoms with van der Waals surface area (Å²) in [4.78, 5) is 11.4. The van der Waals surface area contributed by atoms with Gasteiger partial charge in [0.2, 0.25) is 0 Å². The van der Waals surface area contributed by atoms with E-state index < -0.39 is 0 Å². The van der Waals surface area contributed by atoms with Crippen LogP contribution in [0.25, 0.3) is 0 Å². The number of rotatable bonds is 5. The molecule has 1 aromatic heterocycles. The van der Waals surface area contributed by atoms with Gasteiger partial charge in [-0.15, -0.1) is 0 Å². The third kappa shape index (κ3) is 5.32. The van der Waals surface area contributed by atoms with Gasteiger partial charge in [-0.1, -0.05) is 29.8 Å². The summed E-state index contributed by atoms with van der Waals surface area (Å²) >= 11 is 6.32. The highest BCUT2D eigenvalue weighted by molar-refractivity contribution is 6.31. The molecule has 1 unspecified atom stereocenters. The van der Waals surface area contributed by atoms with Gasteiger partial charge >= 0.3 is 0 Å². The summed E-state index contributed by atoms with van der Waals surface area (Å²) in [6, 6.07) is 8.49. The highest BCUT2D eigenvalue weighted by Gasteiger charge is 2.23. The highest BCUT2D eigenvalue weighted by Crippen LogP contribution is 2.22. The second-order valence-corrected chi connectivity index (χ2v) is 8.81. The number of aliphatic imine (C=N–C) groups is 1. The van der Waals surface area contributed by atoms with Gasteiger partial charge in [-0.2, -0.15) is 5.10 Å². The molecule has 0 bridgehead atoms. The maximum atomic E-state index is 6.32. The second-order valence-electron chi connectivity index (χ2n) is 8.40. The van der Waals surface area contributed by atoms with Gasteiger partial charge in [0.1, 0.15) is 11.6 Å². The van der Waals surface area contributed by atoms with Crippen LogP contribution < -0.4 is 10.6 Å². The minimum Gasteiger partial charge on any atom is -0.356 e. The second kappa shape index (κ2) is 9.79. The molecule has 0 spiro atoms. The molecule has 7 nitrogen and oxygen atoms in total. The number of halogens is 1. The van der Waals surface area contributed by atoms with Crippen molar-refractivity contribution in [2.45, 2.75) is 51.7 Å². The summed E-state index contributed by atoms with van der Waals surface area (Å²) in [7, 11) is 1.84. The molecular formula is C22H32ClN7. The van der Waals surface area contributed by atoms with Crippen LogP contribution in [0.2, 0.25) is 5.02 Å². The lowest BCUT2D eigenvalue weighted by atomic mass is 9.96. The number of aryl methyl sites for hydroxylation is 2. The zero-order valence-corrected chi connectivity index (χ0v) is 18.7. The topological polar surface area (TPSA) is 70.4 Å². The van der Waals surface area contributed by atoms with Crippen LogP contribution >= 0.6 is 11.6 Å². The molecule has 0 radical (unpaired) electrons. The fourth-order valence-electron chi connectivity index (χ4n) is 4.40. The first-order valence-electron chi connectivity index (χ1n) is 10.9. The summed E-state index contributed by atoms with van der Waals surface area (Å²) in [6.45, 7) is 6.92. The van der Waals surface area contributed by atoms with Crippen molar-refractivity contribution >= 4 is 17.6 Å². The number of fused-ring (bicyclic) bond motifs is 1. The first kappa shape index (κ1) is 21.1. The van der Waals surface area contributed by atoms with Crippen molar-refractivity contribution in [2.75, 3.05) is 26.7 Å². The third-order valence-corrected chi connectivity index (χ3v) is 6.51. The summed E-state index contributed by atoms with van der Waals surface area (Å²) < 4.78 is 2.03. The van der Waals surface area contributed by atoms with E-state index >= 15 is 0 Å². The number of likely N-dealkylation sites (tertiary alicyclic amines) is 1. The summed E-state index contributed by atoms with van der Waals surface area (Å²) in [5.41, 5.74) is 1.22. The minimum absolute atomic E-state index is 0.335. The summed E-state index contributed by atoms with van der Waals surface area (Å²) in [5, 5.41) is 12.5. The highest BCUT2D eigenvalue weighted by atomic mass is 35.5. The number of nitrogens with zero attached hydrogens (tertiary/aromatic N) is 5. The summed E-state index contributed by atoms with van der Waals surface area (Å²) in [6.07, 6.45) is 4.40. The standard InChI is InChI=1S/C22H32ClN7/c1-16-26-21-8-7-19(15-30(21)28-16)27-22(24-2)25-13-17-9-11-29(12-10-17)14-18-5-3-4-6-20(18)23/h3-6,17,19H,7-15H2,1-2H3,(H2,24,25,27). The van der Waals surface area contributed by atoms with Gasteiger partial charge < -0.3 is 10.6 Å². The molecule has 2 N–H and O–H groups in total. The Balaban J connectivity index is 1.20. The Labute approximate surface area is 183 Å². The maximum absolute atomic E-state index is 6.32. The van der Waals surface area contributed by atoms with Crippen LogP contribution in [0, 0.1) is 12.8 Å². The average Bonchev–Trinajstić information content (AvgIpc) is 3.13. The largest absolute Gasteiger partial charge is 0.356 e. The molecule has 1 atom stereocenters. The van der Waals surface area contributed by atoms with Crippen LogP contribution in [0.3, 0.4) is 0 Å². The predicted octanol–water partition coefficient (Wildman–Crippen LogP) is 2.63. The number of nitrogens with one attached hydrogen (secondary N) is 2. The molecule has 0 amide bonds. The first-order chi connectivity index (χ1) is 14.6. The van der Waals surface area contributed by atoms with Crippen molar-refractivity contribution in [3.8, 4) is 0 Å². The number of aromatic nitrogens is 3. The van der Waals surface area contributed by atoms with Gasteiger partial charge in [0.25, 0.3) is 0 Å². The van der Waals surface area contributed by atoms with Crippen LogP contribution in [0.1, 0.15) is 36.5 Å². The van der Waals surface area contributed by atoms with Crippen LogP contribution in [-0.2, 0) is 19.5 Å². The van der Waals surface area contributed by atoms with E-state index in [1.165, 1.54) is 18.4 Å². The van der Waals surface area contributed by atoms with E-state index in [0.29, 0.717) is 12.0 Å². The average molecular weight is 430 g/mol. The fourth-order valence-corrected chi connectivity index (χ4v) is 4.59. The molecule has 8 heteroatoms. The summed E-state index contributed by atoms with van der Waals surface area (Å²) in [5.74, 6) is 3.51. The zero-order valence-electron chi connectivity index (χ0n) is 17.9. The minimum atomic E-state index is 0.335. The van der Waals surface area contributed by atoms with Gasteiger partial charge in [0.05, 0.1) is 6.54 Å². The molecule has 0 aliphatic carbocycles. The van der Waals surface area contributed by atoms with Gasteiger partial charge in [-0.3, -0.25) is 9.89 Å². The smallest absolute Gasteiger partial charge is 0.191 e. The van der Waals surface area contributed by atoms with Crippen LogP contribution in [0.5, 0.6) is 0 Å². The lowest BCUT2D eigenvalue weighted by molar-refractivity contribution is 0.178. The lowest BCUT2D eigenvalue weighted by Crippen LogP contribution is -2.48. The predicted molar refractivity (Wildman–Crippen MR) is 121 cm³/mol. The first-order valence-corrected chi connectivity index (χ1v) is 11.3. The molecule has 162 valence electrons. The molecule has 0 saturated carbocycles.